The Bertz CT molecular complexity index is 541. The number of nitrogens with one attached hydrogen (secondary N) is 2. The summed E-state index contributed by atoms with van der Waals surface area (Å²) in [6.45, 7) is 0. The number of fused-ring (bicyclic) bond motifs is 1. The van der Waals surface area contributed by atoms with Crippen molar-refractivity contribution in [1.29, 1.82) is 0 Å². The van der Waals surface area contributed by atoms with E-state index >= 15 is 0 Å². The third-order valence-corrected chi connectivity index (χ3v) is 3.48. The molecule has 92 valence electrons. The maximum absolute atomic E-state index is 11.7. The third kappa shape index (κ3) is 2.94. The van der Waals surface area contributed by atoms with E-state index in [1.165, 1.54) is 0 Å². The van der Waals surface area contributed by atoms with Gasteiger partial charge in [0.25, 0.3) is 0 Å². The average molecular weight is 255 g/mol. The van der Waals surface area contributed by atoms with Crippen molar-refractivity contribution >= 4 is 27.1 Å². The van der Waals surface area contributed by atoms with Gasteiger partial charge in [0.2, 0.25) is 5.91 Å². The molecule has 1 aliphatic heterocycles. The molecular weight excluding hydrogens is 242 g/mol. The van der Waals surface area contributed by atoms with Crippen molar-refractivity contribution in [2.24, 2.45) is 0 Å². The van der Waals surface area contributed by atoms with Crippen LogP contribution in [0.4, 0.5) is 11.4 Å². The SMILES string of the molecule is CS(=O)(=O)CCC1Nc2ccncc2NC1=O. The van der Waals surface area contributed by atoms with Gasteiger partial charge in [-0.15, -0.1) is 0 Å². The van der Waals surface area contributed by atoms with E-state index in [1.807, 2.05) is 0 Å². The molecule has 1 aromatic heterocycles. The van der Waals surface area contributed by atoms with E-state index in [1.54, 1.807) is 18.5 Å². The summed E-state index contributed by atoms with van der Waals surface area (Å²) in [7, 11) is -3.06. The van der Waals surface area contributed by atoms with E-state index in [9.17, 15) is 13.2 Å². The zero-order chi connectivity index (χ0) is 12.5. The number of anilines is 2. The number of carbonyl (C=O) groups excluding carboxylic acids is 1. The number of amides is 1. The second-order valence-electron chi connectivity index (χ2n) is 4.03. The molecule has 2 rings (SSSR count). The van der Waals surface area contributed by atoms with Crippen LogP contribution < -0.4 is 10.6 Å². The lowest BCUT2D eigenvalue weighted by Gasteiger charge is -2.26. The minimum Gasteiger partial charge on any atom is -0.372 e. The van der Waals surface area contributed by atoms with Gasteiger partial charge in [0.1, 0.15) is 15.9 Å². The Labute approximate surface area is 99.4 Å². The molecule has 0 aromatic carbocycles. The molecular formula is C10H13N3O3S. The molecule has 1 atom stereocenters. The summed E-state index contributed by atoms with van der Waals surface area (Å²) in [5.74, 6) is -0.243. The summed E-state index contributed by atoms with van der Waals surface area (Å²) in [6.07, 6.45) is 4.57. The van der Waals surface area contributed by atoms with Gasteiger partial charge in [-0.3, -0.25) is 9.78 Å². The zero-order valence-electron chi connectivity index (χ0n) is 9.30. The molecule has 1 aromatic rings. The molecule has 1 unspecified atom stereocenters. The fourth-order valence-electron chi connectivity index (χ4n) is 1.63. The third-order valence-electron chi connectivity index (χ3n) is 2.50. The number of aromatic nitrogens is 1. The number of hydrogen-bond donors (Lipinski definition) is 2. The Morgan fingerprint density at radius 3 is 2.88 bits per heavy atom. The van der Waals surface area contributed by atoms with E-state index in [0.29, 0.717) is 5.69 Å². The fraction of sp³-hybridized carbons (Fsp3) is 0.400. The van der Waals surface area contributed by atoms with Crippen molar-refractivity contribution in [3.8, 4) is 0 Å². The van der Waals surface area contributed by atoms with Gasteiger partial charge in [0.05, 0.1) is 23.3 Å². The molecule has 0 spiro atoms. The molecule has 0 saturated heterocycles. The maximum atomic E-state index is 11.7. The van der Waals surface area contributed by atoms with Gasteiger partial charge in [-0.05, 0) is 12.5 Å². The lowest BCUT2D eigenvalue weighted by molar-refractivity contribution is -0.117. The molecule has 6 nitrogen and oxygen atoms in total. The molecule has 0 radical (unpaired) electrons. The Balaban J connectivity index is 2.10. The molecule has 1 aliphatic rings. The summed E-state index contributed by atoms with van der Waals surface area (Å²) in [5.41, 5.74) is 1.38. The molecule has 17 heavy (non-hydrogen) atoms. The highest BCUT2D eigenvalue weighted by atomic mass is 32.2. The van der Waals surface area contributed by atoms with E-state index in [0.717, 1.165) is 11.9 Å². The van der Waals surface area contributed by atoms with Crippen LogP contribution in [0.25, 0.3) is 0 Å². The lowest BCUT2D eigenvalue weighted by Crippen LogP contribution is -2.40. The van der Waals surface area contributed by atoms with E-state index in [-0.39, 0.29) is 18.1 Å². The van der Waals surface area contributed by atoms with Crippen LogP contribution >= 0.6 is 0 Å². The number of rotatable bonds is 3. The lowest BCUT2D eigenvalue weighted by atomic mass is 10.1. The summed E-state index contributed by atoms with van der Waals surface area (Å²) in [6, 6.07) is 1.22. The second kappa shape index (κ2) is 4.33. The van der Waals surface area contributed by atoms with Crippen LogP contribution in [0.1, 0.15) is 6.42 Å². The monoisotopic (exact) mass is 255 g/mol. The van der Waals surface area contributed by atoms with Crippen molar-refractivity contribution in [3.05, 3.63) is 18.5 Å². The number of sulfone groups is 1. The first-order valence-corrected chi connectivity index (χ1v) is 7.21. The molecule has 7 heteroatoms. The van der Waals surface area contributed by atoms with Crippen LogP contribution in [-0.4, -0.2) is 37.4 Å². The molecule has 0 fully saturated rings. The molecule has 2 N–H and O–H groups in total. The highest BCUT2D eigenvalue weighted by Gasteiger charge is 2.25. The van der Waals surface area contributed by atoms with Crippen LogP contribution in [0.3, 0.4) is 0 Å². The Morgan fingerprint density at radius 2 is 2.18 bits per heavy atom. The largest absolute Gasteiger partial charge is 0.372 e. The average Bonchev–Trinajstić information content (AvgIpc) is 2.25. The normalized spacial score (nSPS) is 19.1. The molecule has 0 bridgehead atoms. The van der Waals surface area contributed by atoms with E-state index in [2.05, 4.69) is 15.6 Å². The van der Waals surface area contributed by atoms with Crippen LogP contribution in [0.15, 0.2) is 18.5 Å². The minimum atomic E-state index is -3.06. The number of pyridine rings is 1. The highest BCUT2D eigenvalue weighted by molar-refractivity contribution is 7.90. The summed E-state index contributed by atoms with van der Waals surface area (Å²) >= 11 is 0. The van der Waals surface area contributed by atoms with Gasteiger partial charge in [-0.2, -0.15) is 0 Å². The summed E-state index contributed by atoms with van der Waals surface area (Å²) < 4.78 is 22.1. The van der Waals surface area contributed by atoms with Gasteiger partial charge < -0.3 is 10.6 Å². The smallest absolute Gasteiger partial charge is 0.246 e. The van der Waals surface area contributed by atoms with Crippen molar-refractivity contribution in [3.63, 3.8) is 0 Å². The standard InChI is InChI=1S/C10H13N3O3S/c1-17(15,16)5-3-8-10(14)13-9-6-11-4-2-7(9)12-8/h2,4,6,8,12H,3,5H2,1H3,(H,13,14). The fourth-order valence-corrected chi connectivity index (χ4v) is 2.29. The van der Waals surface area contributed by atoms with Crippen molar-refractivity contribution in [2.45, 2.75) is 12.5 Å². The summed E-state index contributed by atoms with van der Waals surface area (Å²) in [5, 5.41) is 5.69. The first-order valence-electron chi connectivity index (χ1n) is 5.15. The predicted octanol–water partition coefficient (Wildman–Crippen LogP) is 0.249. The Hall–Kier alpha value is -1.63. The van der Waals surface area contributed by atoms with Crippen molar-refractivity contribution in [2.75, 3.05) is 22.6 Å². The van der Waals surface area contributed by atoms with E-state index in [4.69, 9.17) is 0 Å². The predicted molar refractivity (Wildman–Crippen MR) is 64.6 cm³/mol. The number of nitrogens with zero attached hydrogens (tertiary/aromatic N) is 1. The molecule has 0 saturated carbocycles. The van der Waals surface area contributed by atoms with Gasteiger partial charge >= 0.3 is 0 Å². The second-order valence-corrected chi connectivity index (χ2v) is 6.29. The number of carbonyl (C=O) groups is 1. The van der Waals surface area contributed by atoms with Crippen LogP contribution in [0.2, 0.25) is 0 Å². The number of hydrogen-bond acceptors (Lipinski definition) is 5. The Kier molecular flexibility index (Phi) is 3.01. The topological polar surface area (TPSA) is 88.2 Å². The van der Waals surface area contributed by atoms with Gasteiger partial charge in [-0.25, -0.2) is 8.42 Å². The van der Waals surface area contributed by atoms with Crippen LogP contribution in [0, 0.1) is 0 Å². The molecule has 1 amide bonds. The molecule has 2 heterocycles. The minimum absolute atomic E-state index is 0.0154. The zero-order valence-corrected chi connectivity index (χ0v) is 10.1. The van der Waals surface area contributed by atoms with Gasteiger partial charge in [0, 0.05) is 12.5 Å². The van der Waals surface area contributed by atoms with Crippen molar-refractivity contribution < 1.29 is 13.2 Å². The Morgan fingerprint density at radius 1 is 1.41 bits per heavy atom. The maximum Gasteiger partial charge on any atom is 0.246 e. The van der Waals surface area contributed by atoms with E-state index < -0.39 is 15.9 Å². The quantitative estimate of drug-likeness (QED) is 0.808. The van der Waals surface area contributed by atoms with Crippen LogP contribution in [-0.2, 0) is 14.6 Å². The molecule has 0 aliphatic carbocycles. The van der Waals surface area contributed by atoms with Gasteiger partial charge in [-0.1, -0.05) is 0 Å². The van der Waals surface area contributed by atoms with Gasteiger partial charge in [0.15, 0.2) is 0 Å². The summed E-state index contributed by atoms with van der Waals surface area (Å²) in [4.78, 5) is 15.6. The highest BCUT2D eigenvalue weighted by Crippen LogP contribution is 2.25. The first-order chi connectivity index (χ1) is 7.96. The first kappa shape index (κ1) is 11.8. The van der Waals surface area contributed by atoms with Crippen molar-refractivity contribution in [1.82, 2.24) is 4.98 Å². The van der Waals surface area contributed by atoms with Crippen LogP contribution in [0.5, 0.6) is 0 Å².